The highest BCUT2D eigenvalue weighted by Crippen LogP contribution is 2.34. The Morgan fingerprint density at radius 2 is 1.78 bits per heavy atom. The van der Waals surface area contributed by atoms with Crippen LogP contribution in [0.2, 0.25) is 0 Å². The van der Waals surface area contributed by atoms with E-state index < -0.39 is 17.7 Å². The van der Waals surface area contributed by atoms with E-state index in [-0.39, 0.29) is 32.3 Å². The topological polar surface area (TPSA) is 65.1 Å². The number of alkyl halides is 3. The van der Waals surface area contributed by atoms with Crippen molar-refractivity contribution in [2.45, 2.75) is 33.2 Å². The van der Waals surface area contributed by atoms with E-state index in [1.54, 1.807) is 37.3 Å². The molecule has 0 atom stereocenters. The minimum atomic E-state index is -4.44. The predicted octanol–water partition coefficient (Wildman–Crippen LogP) is 5.70. The number of hydrogen-bond acceptors (Lipinski definition) is 5. The van der Waals surface area contributed by atoms with Crippen LogP contribution >= 0.6 is 0 Å². The van der Waals surface area contributed by atoms with Crippen LogP contribution in [-0.4, -0.2) is 25.1 Å². The maximum Gasteiger partial charge on any atom is 0.416 e. The molecule has 1 aliphatic rings. The summed E-state index contributed by atoms with van der Waals surface area (Å²) in [7, 11) is 0. The van der Waals surface area contributed by atoms with E-state index >= 15 is 0 Å². The number of halogens is 3. The number of anilines is 1. The number of aryl methyl sites for hydroxylation is 1. The Hall–Kier alpha value is -4.01. The molecule has 1 aliphatic heterocycles. The van der Waals surface area contributed by atoms with E-state index in [1.165, 1.54) is 17.0 Å². The van der Waals surface area contributed by atoms with E-state index in [9.17, 15) is 22.8 Å². The third-order valence-corrected chi connectivity index (χ3v) is 5.76. The second kappa shape index (κ2) is 10.3. The van der Waals surface area contributed by atoms with Crippen molar-refractivity contribution in [2.75, 3.05) is 18.1 Å². The van der Waals surface area contributed by atoms with Crippen molar-refractivity contribution >= 4 is 17.6 Å². The van der Waals surface area contributed by atoms with Gasteiger partial charge in [0.2, 0.25) is 0 Å². The Morgan fingerprint density at radius 3 is 2.44 bits per heavy atom. The molecule has 6 nitrogen and oxygen atoms in total. The number of ether oxygens (including phenoxy) is 3. The molecule has 0 fully saturated rings. The Labute approximate surface area is 206 Å². The van der Waals surface area contributed by atoms with E-state index in [2.05, 4.69) is 0 Å². The minimum Gasteiger partial charge on any atom is -0.489 e. The van der Waals surface area contributed by atoms with Gasteiger partial charge in [0.25, 0.3) is 5.91 Å². The largest absolute Gasteiger partial charge is 0.489 e. The molecule has 0 spiro atoms. The number of hydrogen-bond donors (Lipinski definition) is 0. The van der Waals surface area contributed by atoms with Crippen molar-refractivity contribution in [3.8, 4) is 11.5 Å². The molecule has 0 saturated carbocycles. The van der Waals surface area contributed by atoms with Crippen molar-refractivity contribution in [3.05, 3.63) is 88.5 Å². The van der Waals surface area contributed by atoms with E-state index in [4.69, 9.17) is 14.2 Å². The second-order valence-electron chi connectivity index (χ2n) is 8.19. The summed E-state index contributed by atoms with van der Waals surface area (Å²) >= 11 is 0. The lowest BCUT2D eigenvalue weighted by molar-refractivity contribution is -0.145. The molecule has 3 aromatic rings. The van der Waals surface area contributed by atoms with Gasteiger partial charge in [-0.25, -0.2) is 4.79 Å². The zero-order valence-corrected chi connectivity index (χ0v) is 19.7. The van der Waals surface area contributed by atoms with Crippen molar-refractivity contribution in [2.24, 2.45) is 0 Å². The molecule has 0 N–H and O–H groups in total. The van der Waals surface area contributed by atoms with Gasteiger partial charge in [-0.05, 0) is 79.1 Å². The van der Waals surface area contributed by atoms with Gasteiger partial charge in [-0.15, -0.1) is 0 Å². The molecule has 0 unspecified atom stereocenters. The highest BCUT2D eigenvalue weighted by atomic mass is 19.4. The Balaban J connectivity index is 1.44. The summed E-state index contributed by atoms with van der Waals surface area (Å²) < 4.78 is 55.0. The summed E-state index contributed by atoms with van der Waals surface area (Å²) in [5.74, 6) is 0.395. The number of amides is 1. The Kier molecular flexibility index (Phi) is 7.19. The minimum absolute atomic E-state index is 0.186. The molecule has 0 aromatic heterocycles. The van der Waals surface area contributed by atoms with Gasteiger partial charge in [0.1, 0.15) is 18.1 Å². The molecule has 0 saturated heterocycles. The summed E-state index contributed by atoms with van der Waals surface area (Å²) in [5.41, 5.74) is 2.47. The van der Waals surface area contributed by atoms with Gasteiger partial charge in [-0.3, -0.25) is 4.79 Å². The van der Waals surface area contributed by atoms with Crippen LogP contribution in [0.5, 0.6) is 11.5 Å². The summed E-state index contributed by atoms with van der Waals surface area (Å²) in [6, 6.07) is 15.1. The van der Waals surface area contributed by atoms with Crippen LogP contribution in [0.25, 0.3) is 0 Å². The molecular formula is C27H24F3NO5. The van der Waals surface area contributed by atoms with Gasteiger partial charge in [0.05, 0.1) is 18.7 Å². The van der Waals surface area contributed by atoms with Crippen molar-refractivity contribution in [1.29, 1.82) is 0 Å². The first-order valence-corrected chi connectivity index (χ1v) is 11.3. The third-order valence-electron chi connectivity index (χ3n) is 5.76. The average molecular weight is 499 g/mol. The van der Waals surface area contributed by atoms with Crippen LogP contribution in [-0.2, 0) is 28.9 Å². The summed E-state index contributed by atoms with van der Waals surface area (Å²) in [6.07, 6.45) is -4.44. The van der Waals surface area contributed by atoms with Gasteiger partial charge < -0.3 is 19.1 Å². The van der Waals surface area contributed by atoms with Crippen LogP contribution < -0.4 is 14.4 Å². The molecule has 9 heteroatoms. The summed E-state index contributed by atoms with van der Waals surface area (Å²) in [5, 5.41) is 0. The lowest BCUT2D eigenvalue weighted by Crippen LogP contribution is -2.23. The Morgan fingerprint density at radius 1 is 1.03 bits per heavy atom. The number of carbonyl (C=O) groups excluding carboxylic acids is 2. The molecular weight excluding hydrogens is 475 g/mol. The fraction of sp³-hybridized carbons (Fsp3) is 0.259. The number of benzene rings is 3. The van der Waals surface area contributed by atoms with Crippen LogP contribution in [0, 0.1) is 6.92 Å². The first kappa shape index (κ1) is 25.1. The molecule has 0 radical (unpaired) electrons. The van der Waals surface area contributed by atoms with Crippen LogP contribution in [0.3, 0.4) is 0 Å². The highest BCUT2D eigenvalue weighted by molar-refractivity contribution is 6.10. The summed E-state index contributed by atoms with van der Waals surface area (Å²) in [6.45, 7) is 4.07. The highest BCUT2D eigenvalue weighted by Gasteiger charge is 2.33. The quantitative estimate of drug-likeness (QED) is 0.373. The fourth-order valence-corrected chi connectivity index (χ4v) is 3.95. The molecule has 1 heterocycles. The van der Waals surface area contributed by atoms with E-state index in [0.717, 1.165) is 28.8 Å². The van der Waals surface area contributed by atoms with E-state index in [0.29, 0.717) is 22.7 Å². The molecule has 36 heavy (non-hydrogen) atoms. The average Bonchev–Trinajstić information content (AvgIpc) is 3.19. The number of nitrogens with zero attached hydrogens (tertiary/aromatic N) is 1. The van der Waals surface area contributed by atoms with Gasteiger partial charge in [0, 0.05) is 11.3 Å². The normalized spacial score (nSPS) is 12.9. The van der Waals surface area contributed by atoms with Gasteiger partial charge in [-0.1, -0.05) is 12.1 Å². The lowest BCUT2D eigenvalue weighted by atomic mass is 10.0. The van der Waals surface area contributed by atoms with Gasteiger partial charge in [-0.2, -0.15) is 13.2 Å². The molecule has 0 bridgehead atoms. The molecule has 0 aliphatic carbocycles. The summed E-state index contributed by atoms with van der Waals surface area (Å²) in [4.78, 5) is 25.9. The van der Waals surface area contributed by atoms with Crippen LogP contribution in [0.4, 0.5) is 18.9 Å². The zero-order chi connectivity index (χ0) is 25.9. The molecule has 1 amide bonds. The lowest BCUT2D eigenvalue weighted by Gasteiger charge is -2.17. The number of carbonyl (C=O) groups is 2. The zero-order valence-electron chi connectivity index (χ0n) is 19.7. The molecule has 4 rings (SSSR count). The smallest absolute Gasteiger partial charge is 0.416 e. The first-order chi connectivity index (χ1) is 17.2. The standard InChI is InChI=1S/C27H24F3NO5/c1-3-34-25(32)16-36-24-12-11-21(13-17(24)2)35-15-18-5-4-6-22-23(18)14-31(26(22)33)20-9-7-19(8-10-20)27(28,29)30/h4-13H,3,14-16H2,1-2H3. The van der Waals surface area contributed by atoms with E-state index in [1.807, 2.05) is 13.0 Å². The van der Waals surface area contributed by atoms with Crippen molar-refractivity contribution < 1.29 is 37.0 Å². The van der Waals surface area contributed by atoms with Gasteiger partial charge >= 0.3 is 12.1 Å². The predicted molar refractivity (Wildman–Crippen MR) is 126 cm³/mol. The second-order valence-corrected chi connectivity index (χ2v) is 8.19. The molecule has 3 aromatic carbocycles. The monoisotopic (exact) mass is 499 g/mol. The fourth-order valence-electron chi connectivity index (χ4n) is 3.95. The van der Waals surface area contributed by atoms with Gasteiger partial charge in [0.15, 0.2) is 6.61 Å². The molecule has 188 valence electrons. The number of esters is 1. The maximum absolute atomic E-state index is 13.0. The number of rotatable bonds is 8. The SMILES string of the molecule is CCOC(=O)COc1ccc(OCc2cccc3c2CN(c2ccc(C(F)(F)F)cc2)C3=O)cc1C. The maximum atomic E-state index is 13.0. The van der Waals surface area contributed by atoms with Crippen LogP contribution in [0.15, 0.2) is 60.7 Å². The number of fused-ring (bicyclic) bond motifs is 1. The van der Waals surface area contributed by atoms with Crippen molar-refractivity contribution in [1.82, 2.24) is 0 Å². The van der Waals surface area contributed by atoms with Crippen molar-refractivity contribution in [3.63, 3.8) is 0 Å². The Bertz CT molecular complexity index is 1270. The third kappa shape index (κ3) is 5.45. The first-order valence-electron chi connectivity index (χ1n) is 11.3. The van der Waals surface area contributed by atoms with Crippen LogP contribution in [0.1, 0.15) is 39.5 Å².